The van der Waals surface area contributed by atoms with E-state index in [1.165, 1.54) is 11.3 Å². The molecule has 2 heterocycles. The van der Waals surface area contributed by atoms with E-state index in [-0.39, 0.29) is 5.92 Å². The summed E-state index contributed by atoms with van der Waals surface area (Å²) in [6, 6.07) is 3.43. The van der Waals surface area contributed by atoms with Gasteiger partial charge in [-0.2, -0.15) is 0 Å². The molecule has 4 nitrogen and oxygen atoms in total. The van der Waals surface area contributed by atoms with Crippen LogP contribution in [-0.2, 0) is 4.74 Å². The topological polar surface area (TPSA) is 59.4 Å². The van der Waals surface area contributed by atoms with Crippen LogP contribution in [0.1, 0.15) is 28.3 Å². The number of carboxylic acid groups (broad SMARTS) is 1. The monoisotopic (exact) mass is 249 g/mol. The number of aromatic carboxylic acids is 1. The molecule has 0 unspecified atom stereocenters. The Balaban J connectivity index is 2.19. The summed E-state index contributed by atoms with van der Waals surface area (Å²) < 4.78 is 6.30. The average molecular weight is 249 g/mol. The molecule has 0 saturated carbocycles. The van der Waals surface area contributed by atoms with Gasteiger partial charge in [-0.05, 0) is 24.1 Å². The molecule has 17 heavy (non-hydrogen) atoms. The zero-order valence-electron chi connectivity index (χ0n) is 9.05. The molecule has 1 aliphatic rings. The molecule has 1 aliphatic heterocycles. The molecule has 88 valence electrons. The number of ether oxygens (including phenoxy) is 1. The van der Waals surface area contributed by atoms with Gasteiger partial charge in [0.15, 0.2) is 0 Å². The molecule has 2 aromatic rings. The van der Waals surface area contributed by atoms with E-state index in [0.717, 1.165) is 28.8 Å². The van der Waals surface area contributed by atoms with E-state index in [1.54, 1.807) is 17.6 Å². The first kappa shape index (κ1) is 10.7. The minimum Gasteiger partial charge on any atom is -0.478 e. The van der Waals surface area contributed by atoms with E-state index in [9.17, 15) is 4.79 Å². The van der Waals surface area contributed by atoms with Crippen LogP contribution in [-0.4, -0.2) is 29.3 Å². The highest BCUT2D eigenvalue weighted by molar-refractivity contribution is 7.16. The van der Waals surface area contributed by atoms with Gasteiger partial charge in [-0.3, -0.25) is 0 Å². The molecule has 0 spiro atoms. The number of thiazole rings is 1. The second-order valence-corrected chi connectivity index (χ2v) is 5.02. The molecule has 0 bridgehead atoms. The highest BCUT2D eigenvalue weighted by atomic mass is 32.1. The molecule has 1 aromatic carbocycles. The Bertz CT molecular complexity index is 572. The lowest BCUT2D eigenvalue weighted by Crippen LogP contribution is -2.03. The summed E-state index contributed by atoms with van der Waals surface area (Å²) in [5.41, 5.74) is 4.04. The van der Waals surface area contributed by atoms with E-state index >= 15 is 0 Å². The van der Waals surface area contributed by atoms with Crippen molar-refractivity contribution in [1.29, 1.82) is 0 Å². The number of nitrogens with zero attached hydrogens (tertiary/aromatic N) is 1. The van der Waals surface area contributed by atoms with Gasteiger partial charge in [-0.15, -0.1) is 11.3 Å². The van der Waals surface area contributed by atoms with Gasteiger partial charge in [0.1, 0.15) is 0 Å². The standard InChI is InChI=1S/C12H11NO3S/c14-12(15)8-3-9(7-1-2-16-5-7)11-10(4-8)17-6-13-11/h3-4,6-7H,1-2,5H2,(H,14,15)/t7-/m0/s1. The number of aromatic nitrogens is 1. The molecular weight excluding hydrogens is 238 g/mol. The van der Waals surface area contributed by atoms with E-state index in [1.807, 2.05) is 0 Å². The highest BCUT2D eigenvalue weighted by Crippen LogP contribution is 2.33. The van der Waals surface area contributed by atoms with Gasteiger partial charge in [0.05, 0.1) is 27.9 Å². The molecule has 1 N–H and O–H groups in total. The van der Waals surface area contributed by atoms with Crippen LogP contribution in [0.3, 0.4) is 0 Å². The molecule has 1 saturated heterocycles. The van der Waals surface area contributed by atoms with Crippen LogP contribution < -0.4 is 0 Å². The maximum atomic E-state index is 11.1. The van der Waals surface area contributed by atoms with Crippen LogP contribution in [0.2, 0.25) is 0 Å². The SMILES string of the molecule is O=C(O)c1cc([C@H]2CCOC2)c2ncsc2c1. The molecule has 3 rings (SSSR count). The van der Waals surface area contributed by atoms with Crippen LogP contribution >= 0.6 is 11.3 Å². The predicted molar refractivity (Wildman–Crippen MR) is 64.8 cm³/mol. The molecule has 0 radical (unpaired) electrons. The number of carbonyl (C=O) groups is 1. The lowest BCUT2D eigenvalue weighted by molar-refractivity contribution is 0.0697. The summed E-state index contributed by atoms with van der Waals surface area (Å²) in [6.07, 6.45) is 0.940. The second kappa shape index (κ2) is 4.09. The van der Waals surface area contributed by atoms with Crippen molar-refractivity contribution in [2.45, 2.75) is 12.3 Å². The lowest BCUT2D eigenvalue weighted by Gasteiger charge is -2.09. The molecule has 1 fully saturated rings. The third-order valence-electron chi connectivity index (χ3n) is 3.08. The summed E-state index contributed by atoms with van der Waals surface area (Å²) in [6.45, 7) is 1.41. The smallest absolute Gasteiger partial charge is 0.335 e. The van der Waals surface area contributed by atoms with Crippen molar-refractivity contribution in [3.8, 4) is 0 Å². The fourth-order valence-corrected chi connectivity index (χ4v) is 2.96. The van der Waals surface area contributed by atoms with Gasteiger partial charge < -0.3 is 9.84 Å². The van der Waals surface area contributed by atoms with Crippen LogP contribution in [0, 0.1) is 0 Å². The summed E-state index contributed by atoms with van der Waals surface area (Å²) in [4.78, 5) is 15.4. The quantitative estimate of drug-likeness (QED) is 0.888. The van der Waals surface area contributed by atoms with Crippen LogP contribution in [0.4, 0.5) is 0 Å². The Morgan fingerprint density at radius 3 is 3.12 bits per heavy atom. The van der Waals surface area contributed by atoms with Crippen molar-refractivity contribution < 1.29 is 14.6 Å². The molecule has 1 atom stereocenters. The number of hydrogen-bond donors (Lipinski definition) is 1. The third-order valence-corrected chi connectivity index (χ3v) is 3.86. The van der Waals surface area contributed by atoms with Gasteiger partial charge in [-0.1, -0.05) is 0 Å². The van der Waals surface area contributed by atoms with Gasteiger partial charge in [0.25, 0.3) is 0 Å². The van der Waals surface area contributed by atoms with Gasteiger partial charge in [0.2, 0.25) is 0 Å². The average Bonchev–Trinajstić information content (AvgIpc) is 2.98. The molecule has 1 aromatic heterocycles. The van der Waals surface area contributed by atoms with E-state index in [2.05, 4.69) is 4.98 Å². The first-order valence-electron chi connectivity index (χ1n) is 5.44. The van der Waals surface area contributed by atoms with Crippen LogP contribution in [0.15, 0.2) is 17.6 Å². The number of fused-ring (bicyclic) bond motifs is 1. The Hall–Kier alpha value is -1.46. The fraction of sp³-hybridized carbons (Fsp3) is 0.333. The first-order chi connectivity index (χ1) is 8.25. The van der Waals surface area contributed by atoms with Gasteiger partial charge >= 0.3 is 5.97 Å². The van der Waals surface area contributed by atoms with Gasteiger partial charge in [-0.25, -0.2) is 9.78 Å². The maximum absolute atomic E-state index is 11.1. The number of rotatable bonds is 2. The summed E-state index contributed by atoms with van der Waals surface area (Å²) in [5, 5.41) is 9.10. The van der Waals surface area contributed by atoms with Crippen molar-refractivity contribution in [3.63, 3.8) is 0 Å². The number of hydrogen-bond acceptors (Lipinski definition) is 4. The maximum Gasteiger partial charge on any atom is 0.335 e. The lowest BCUT2D eigenvalue weighted by atomic mass is 9.95. The number of benzene rings is 1. The van der Waals surface area contributed by atoms with Gasteiger partial charge in [0, 0.05) is 12.5 Å². The third kappa shape index (κ3) is 1.81. The minimum atomic E-state index is -0.888. The summed E-state index contributed by atoms with van der Waals surface area (Å²) in [7, 11) is 0. The second-order valence-electron chi connectivity index (χ2n) is 4.13. The fourth-order valence-electron chi connectivity index (χ4n) is 2.21. The minimum absolute atomic E-state index is 0.277. The molecule has 0 amide bonds. The molecule has 0 aliphatic carbocycles. The normalized spacial score (nSPS) is 19.9. The van der Waals surface area contributed by atoms with Crippen molar-refractivity contribution in [2.24, 2.45) is 0 Å². The van der Waals surface area contributed by atoms with Crippen LogP contribution in [0.5, 0.6) is 0 Å². The summed E-state index contributed by atoms with van der Waals surface area (Å²) in [5.74, 6) is -0.612. The van der Waals surface area contributed by atoms with Crippen molar-refractivity contribution in [1.82, 2.24) is 4.98 Å². The zero-order chi connectivity index (χ0) is 11.8. The van der Waals surface area contributed by atoms with Crippen molar-refractivity contribution in [2.75, 3.05) is 13.2 Å². The Kier molecular flexibility index (Phi) is 2.57. The van der Waals surface area contributed by atoms with E-state index in [4.69, 9.17) is 9.84 Å². The largest absolute Gasteiger partial charge is 0.478 e. The number of carboxylic acids is 1. The first-order valence-corrected chi connectivity index (χ1v) is 6.32. The van der Waals surface area contributed by atoms with Crippen molar-refractivity contribution >= 4 is 27.5 Å². The molecule has 5 heteroatoms. The van der Waals surface area contributed by atoms with E-state index in [0.29, 0.717) is 12.2 Å². The van der Waals surface area contributed by atoms with Crippen molar-refractivity contribution in [3.05, 3.63) is 28.8 Å². The zero-order valence-corrected chi connectivity index (χ0v) is 9.87. The Labute approximate surface area is 102 Å². The predicted octanol–water partition coefficient (Wildman–Crippen LogP) is 2.50. The van der Waals surface area contributed by atoms with E-state index < -0.39 is 5.97 Å². The Morgan fingerprint density at radius 2 is 2.41 bits per heavy atom. The summed E-state index contributed by atoms with van der Waals surface area (Å²) >= 11 is 1.48. The molecular formula is C12H11NO3S. The van der Waals surface area contributed by atoms with Crippen LogP contribution in [0.25, 0.3) is 10.2 Å². The Morgan fingerprint density at radius 1 is 1.53 bits per heavy atom. The highest BCUT2D eigenvalue weighted by Gasteiger charge is 2.22.